The third-order valence-electron chi connectivity index (χ3n) is 3.27. The van der Waals surface area contributed by atoms with E-state index in [0.29, 0.717) is 22.5 Å². The van der Waals surface area contributed by atoms with Crippen LogP contribution in [0, 0.1) is 0 Å². The number of hydrogen-bond donors (Lipinski definition) is 0. The molecule has 0 bridgehead atoms. The van der Waals surface area contributed by atoms with E-state index >= 15 is 0 Å². The summed E-state index contributed by atoms with van der Waals surface area (Å²) < 4.78 is 40.2. The SMILES string of the molecule is C=C1c2ccccc2C(=O)N1c1ccc(OC(F)(F)F)cc1. The van der Waals surface area contributed by atoms with Gasteiger partial charge >= 0.3 is 6.36 Å². The summed E-state index contributed by atoms with van der Waals surface area (Å²) in [7, 11) is 0. The van der Waals surface area contributed by atoms with E-state index < -0.39 is 6.36 Å². The van der Waals surface area contributed by atoms with Crippen molar-refractivity contribution in [1.29, 1.82) is 0 Å². The molecule has 1 aliphatic rings. The standard InChI is InChI=1S/C16H10F3NO2/c1-10-13-4-2-3-5-14(13)15(21)20(10)11-6-8-12(9-7-11)22-16(17,18)19/h2-9H,1H2. The van der Waals surface area contributed by atoms with Gasteiger partial charge in [0.05, 0.1) is 5.70 Å². The molecule has 6 heteroatoms. The van der Waals surface area contributed by atoms with Crippen LogP contribution in [-0.4, -0.2) is 12.3 Å². The molecule has 0 unspecified atom stereocenters. The Hall–Kier alpha value is -2.76. The molecule has 0 spiro atoms. The number of anilines is 1. The summed E-state index contributed by atoms with van der Waals surface area (Å²) >= 11 is 0. The average molecular weight is 305 g/mol. The van der Waals surface area contributed by atoms with Crippen LogP contribution < -0.4 is 9.64 Å². The highest BCUT2D eigenvalue weighted by Crippen LogP contribution is 2.36. The van der Waals surface area contributed by atoms with Gasteiger partial charge in [-0.2, -0.15) is 0 Å². The number of carbonyl (C=O) groups excluding carboxylic acids is 1. The van der Waals surface area contributed by atoms with Crippen LogP contribution in [0.2, 0.25) is 0 Å². The molecule has 3 rings (SSSR count). The number of halogens is 3. The zero-order valence-corrected chi connectivity index (χ0v) is 11.2. The lowest BCUT2D eigenvalue weighted by Crippen LogP contribution is -2.22. The molecule has 22 heavy (non-hydrogen) atoms. The van der Waals surface area contributed by atoms with Crippen LogP contribution >= 0.6 is 0 Å². The number of rotatable bonds is 2. The Labute approximate surface area is 124 Å². The molecule has 0 aliphatic carbocycles. The van der Waals surface area contributed by atoms with Crippen molar-refractivity contribution in [2.45, 2.75) is 6.36 Å². The van der Waals surface area contributed by atoms with E-state index in [4.69, 9.17) is 0 Å². The lowest BCUT2D eigenvalue weighted by molar-refractivity contribution is -0.274. The van der Waals surface area contributed by atoms with E-state index in [2.05, 4.69) is 11.3 Å². The molecule has 0 atom stereocenters. The Balaban J connectivity index is 1.90. The maximum absolute atomic E-state index is 12.4. The largest absolute Gasteiger partial charge is 0.573 e. The Morgan fingerprint density at radius 2 is 1.55 bits per heavy atom. The molecular weight excluding hydrogens is 295 g/mol. The predicted octanol–water partition coefficient (Wildman–Crippen LogP) is 4.22. The second-order valence-electron chi connectivity index (χ2n) is 4.67. The molecule has 0 fully saturated rings. The number of carbonyl (C=O) groups is 1. The molecule has 0 radical (unpaired) electrons. The van der Waals surface area contributed by atoms with E-state index in [1.54, 1.807) is 24.3 Å². The van der Waals surface area contributed by atoms with E-state index in [0.717, 1.165) is 12.1 Å². The Morgan fingerprint density at radius 1 is 0.955 bits per heavy atom. The summed E-state index contributed by atoms with van der Waals surface area (Å²) in [5.74, 6) is -0.601. The quantitative estimate of drug-likeness (QED) is 0.831. The van der Waals surface area contributed by atoms with Gasteiger partial charge < -0.3 is 4.74 Å². The number of alkyl halides is 3. The van der Waals surface area contributed by atoms with Crippen molar-refractivity contribution in [1.82, 2.24) is 0 Å². The van der Waals surface area contributed by atoms with Crippen LogP contribution in [0.3, 0.4) is 0 Å². The van der Waals surface area contributed by atoms with E-state index in [1.807, 2.05) is 0 Å². The molecule has 1 heterocycles. The minimum atomic E-state index is -4.75. The van der Waals surface area contributed by atoms with Gasteiger partial charge in [-0.15, -0.1) is 13.2 Å². The number of benzene rings is 2. The van der Waals surface area contributed by atoms with Gasteiger partial charge in [-0.1, -0.05) is 24.8 Å². The van der Waals surface area contributed by atoms with E-state index in [1.165, 1.54) is 17.0 Å². The first-order valence-electron chi connectivity index (χ1n) is 6.35. The lowest BCUT2D eigenvalue weighted by Gasteiger charge is -2.18. The van der Waals surface area contributed by atoms with Crippen LogP contribution in [0.4, 0.5) is 18.9 Å². The van der Waals surface area contributed by atoms with E-state index in [-0.39, 0.29) is 11.7 Å². The van der Waals surface area contributed by atoms with Gasteiger partial charge in [0.25, 0.3) is 5.91 Å². The molecule has 0 saturated carbocycles. The predicted molar refractivity (Wildman–Crippen MR) is 75.4 cm³/mol. The Morgan fingerprint density at radius 3 is 2.09 bits per heavy atom. The monoisotopic (exact) mass is 305 g/mol. The van der Waals surface area contributed by atoms with Crippen LogP contribution in [0.15, 0.2) is 55.1 Å². The number of hydrogen-bond acceptors (Lipinski definition) is 2. The number of fused-ring (bicyclic) bond motifs is 1. The summed E-state index contributed by atoms with van der Waals surface area (Å²) in [4.78, 5) is 13.7. The van der Waals surface area contributed by atoms with Crippen molar-refractivity contribution >= 4 is 17.3 Å². The summed E-state index contributed by atoms with van der Waals surface area (Å²) in [6.45, 7) is 3.88. The van der Waals surface area contributed by atoms with Crippen molar-refractivity contribution in [3.63, 3.8) is 0 Å². The fraction of sp³-hybridized carbons (Fsp3) is 0.0625. The highest BCUT2D eigenvalue weighted by Gasteiger charge is 2.33. The molecule has 0 aromatic heterocycles. The lowest BCUT2D eigenvalue weighted by atomic mass is 10.1. The van der Waals surface area contributed by atoms with Gasteiger partial charge in [0.15, 0.2) is 0 Å². The molecule has 0 N–H and O–H groups in total. The van der Waals surface area contributed by atoms with Crippen LogP contribution in [-0.2, 0) is 0 Å². The fourth-order valence-electron chi connectivity index (χ4n) is 2.35. The normalized spacial score (nSPS) is 14.2. The first kappa shape index (κ1) is 14.2. The number of amides is 1. The summed E-state index contributed by atoms with van der Waals surface area (Å²) in [5, 5.41) is 0. The van der Waals surface area contributed by atoms with Crippen molar-refractivity contribution < 1.29 is 22.7 Å². The van der Waals surface area contributed by atoms with Crippen molar-refractivity contribution in [2.75, 3.05) is 4.90 Å². The highest BCUT2D eigenvalue weighted by molar-refractivity contribution is 6.21. The topological polar surface area (TPSA) is 29.5 Å². The van der Waals surface area contributed by atoms with Gasteiger partial charge in [0.2, 0.25) is 0 Å². The molecule has 2 aromatic carbocycles. The molecule has 112 valence electrons. The van der Waals surface area contributed by atoms with Gasteiger partial charge in [-0.25, -0.2) is 0 Å². The van der Waals surface area contributed by atoms with Gasteiger partial charge in [-0.3, -0.25) is 9.69 Å². The van der Waals surface area contributed by atoms with Crippen LogP contribution in [0.5, 0.6) is 5.75 Å². The maximum atomic E-state index is 12.4. The first-order chi connectivity index (χ1) is 10.4. The molecule has 1 amide bonds. The molecule has 2 aromatic rings. The van der Waals surface area contributed by atoms with Crippen molar-refractivity contribution in [2.24, 2.45) is 0 Å². The minimum Gasteiger partial charge on any atom is -0.406 e. The molecule has 1 aliphatic heterocycles. The Kier molecular flexibility index (Phi) is 3.16. The number of ether oxygens (including phenoxy) is 1. The van der Waals surface area contributed by atoms with Gasteiger partial charge in [-0.05, 0) is 30.3 Å². The second-order valence-corrected chi connectivity index (χ2v) is 4.67. The van der Waals surface area contributed by atoms with Crippen molar-refractivity contribution in [3.05, 3.63) is 66.2 Å². The summed E-state index contributed by atoms with van der Waals surface area (Å²) in [6, 6.07) is 12.1. The molecule has 3 nitrogen and oxygen atoms in total. The van der Waals surface area contributed by atoms with E-state index in [9.17, 15) is 18.0 Å². The van der Waals surface area contributed by atoms with Crippen LogP contribution in [0.1, 0.15) is 15.9 Å². The Bertz CT molecular complexity index is 716. The maximum Gasteiger partial charge on any atom is 0.573 e. The molecular formula is C16H10F3NO2. The van der Waals surface area contributed by atoms with Crippen LogP contribution in [0.25, 0.3) is 5.70 Å². The molecule has 0 saturated heterocycles. The van der Waals surface area contributed by atoms with Gasteiger partial charge in [0, 0.05) is 16.8 Å². The van der Waals surface area contributed by atoms with Gasteiger partial charge in [0.1, 0.15) is 5.75 Å². The first-order valence-corrected chi connectivity index (χ1v) is 6.35. The summed E-state index contributed by atoms with van der Waals surface area (Å²) in [6.07, 6.45) is -4.75. The third kappa shape index (κ3) is 2.43. The third-order valence-corrected chi connectivity index (χ3v) is 3.27. The average Bonchev–Trinajstić information content (AvgIpc) is 2.71. The zero-order chi connectivity index (χ0) is 15.9. The summed E-state index contributed by atoms with van der Waals surface area (Å²) in [5.41, 5.74) is 2.15. The number of nitrogens with zero attached hydrogens (tertiary/aromatic N) is 1. The second kappa shape index (κ2) is 4.91. The highest BCUT2D eigenvalue weighted by atomic mass is 19.4. The van der Waals surface area contributed by atoms with Crippen molar-refractivity contribution in [3.8, 4) is 5.75 Å². The zero-order valence-electron chi connectivity index (χ0n) is 11.2. The fourth-order valence-corrected chi connectivity index (χ4v) is 2.35. The smallest absolute Gasteiger partial charge is 0.406 e. The minimum absolute atomic E-state index is 0.259.